The molecule has 3 heteroatoms. The third-order valence-corrected chi connectivity index (χ3v) is 3.39. The molecule has 0 saturated carbocycles. The van der Waals surface area contributed by atoms with Crippen LogP contribution in [-0.2, 0) is 6.54 Å². The summed E-state index contributed by atoms with van der Waals surface area (Å²) in [4.78, 5) is 2.48. The van der Waals surface area contributed by atoms with Gasteiger partial charge < -0.3 is 4.74 Å². The van der Waals surface area contributed by atoms with Crippen LogP contribution in [0.2, 0.25) is 0 Å². The van der Waals surface area contributed by atoms with Crippen molar-refractivity contribution in [2.24, 2.45) is 0 Å². The molecule has 0 aliphatic carbocycles. The molecule has 0 fully saturated rings. The average Bonchev–Trinajstić information content (AvgIpc) is 2.34. The van der Waals surface area contributed by atoms with Crippen LogP contribution in [0.3, 0.4) is 0 Å². The molecule has 0 aliphatic heterocycles. The van der Waals surface area contributed by atoms with Gasteiger partial charge in [0.1, 0.15) is 5.75 Å². The summed E-state index contributed by atoms with van der Waals surface area (Å²) in [6, 6.07) is 8.88. The van der Waals surface area contributed by atoms with E-state index in [0.29, 0.717) is 6.04 Å². The molecule has 1 rings (SSSR count). The van der Waals surface area contributed by atoms with Crippen molar-refractivity contribution in [3.8, 4) is 5.75 Å². The van der Waals surface area contributed by atoms with Crippen molar-refractivity contribution in [2.45, 2.75) is 32.9 Å². The molecule has 0 aliphatic rings. The van der Waals surface area contributed by atoms with E-state index in [1.807, 2.05) is 6.07 Å². The molecule has 0 atom stereocenters. The third kappa shape index (κ3) is 5.09. The molecule has 0 heterocycles. The lowest BCUT2D eigenvalue weighted by atomic mass is 10.1. The fourth-order valence-electron chi connectivity index (χ4n) is 1.79. The lowest BCUT2D eigenvalue weighted by molar-refractivity contribution is 0.214. The van der Waals surface area contributed by atoms with Crippen LogP contribution in [0.15, 0.2) is 24.3 Å². The summed E-state index contributed by atoms with van der Waals surface area (Å²) < 4.78 is 5.25. The van der Waals surface area contributed by atoms with Gasteiger partial charge in [0.15, 0.2) is 0 Å². The van der Waals surface area contributed by atoms with E-state index in [1.54, 1.807) is 7.11 Å². The molecule has 96 valence electrons. The molecule has 0 N–H and O–H groups in total. The Labute approximate surface area is 113 Å². The molecule has 1 aromatic rings. The van der Waals surface area contributed by atoms with Crippen LogP contribution in [0.1, 0.15) is 25.8 Å². The number of alkyl halides is 1. The quantitative estimate of drug-likeness (QED) is 0.712. The minimum absolute atomic E-state index is 0.570. The SMILES string of the molecule is COc1cccc(CN(CCCBr)C(C)C)c1. The summed E-state index contributed by atoms with van der Waals surface area (Å²) in [5.74, 6) is 0.937. The van der Waals surface area contributed by atoms with Crippen molar-refractivity contribution in [1.82, 2.24) is 4.90 Å². The number of rotatable bonds is 7. The van der Waals surface area contributed by atoms with Gasteiger partial charge in [-0.3, -0.25) is 4.90 Å². The van der Waals surface area contributed by atoms with E-state index in [4.69, 9.17) is 4.74 Å². The zero-order valence-electron chi connectivity index (χ0n) is 10.9. The van der Waals surface area contributed by atoms with E-state index < -0.39 is 0 Å². The zero-order chi connectivity index (χ0) is 12.7. The highest BCUT2D eigenvalue weighted by Gasteiger charge is 2.09. The summed E-state index contributed by atoms with van der Waals surface area (Å²) in [5.41, 5.74) is 1.31. The van der Waals surface area contributed by atoms with Gasteiger partial charge in [0, 0.05) is 17.9 Å². The monoisotopic (exact) mass is 299 g/mol. The largest absolute Gasteiger partial charge is 0.497 e. The molecular formula is C14H22BrNO. The van der Waals surface area contributed by atoms with Crippen molar-refractivity contribution in [3.63, 3.8) is 0 Å². The van der Waals surface area contributed by atoms with Crippen molar-refractivity contribution in [1.29, 1.82) is 0 Å². The topological polar surface area (TPSA) is 12.5 Å². The number of hydrogen-bond acceptors (Lipinski definition) is 2. The second-order valence-electron chi connectivity index (χ2n) is 4.46. The van der Waals surface area contributed by atoms with E-state index in [2.05, 4.69) is 52.9 Å². The Morgan fingerprint density at radius 3 is 2.71 bits per heavy atom. The Kier molecular flexibility index (Phi) is 6.60. The Hall–Kier alpha value is -0.540. The molecule has 1 aromatic carbocycles. The van der Waals surface area contributed by atoms with Gasteiger partial charge in [0.25, 0.3) is 0 Å². The molecule has 0 radical (unpaired) electrons. The van der Waals surface area contributed by atoms with Gasteiger partial charge in [-0.25, -0.2) is 0 Å². The fourth-order valence-corrected chi connectivity index (χ4v) is 2.04. The average molecular weight is 300 g/mol. The Balaban J connectivity index is 2.64. The minimum Gasteiger partial charge on any atom is -0.497 e. The van der Waals surface area contributed by atoms with E-state index in [9.17, 15) is 0 Å². The van der Waals surface area contributed by atoms with Crippen molar-refractivity contribution >= 4 is 15.9 Å². The molecule has 0 aromatic heterocycles. The van der Waals surface area contributed by atoms with Crippen LogP contribution >= 0.6 is 15.9 Å². The van der Waals surface area contributed by atoms with Crippen LogP contribution < -0.4 is 4.74 Å². The van der Waals surface area contributed by atoms with Gasteiger partial charge in [-0.15, -0.1) is 0 Å². The Morgan fingerprint density at radius 2 is 2.12 bits per heavy atom. The first-order valence-corrected chi connectivity index (χ1v) is 7.22. The van der Waals surface area contributed by atoms with Gasteiger partial charge in [-0.05, 0) is 44.5 Å². The highest BCUT2D eigenvalue weighted by molar-refractivity contribution is 9.09. The fraction of sp³-hybridized carbons (Fsp3) is 0.571. The molecule has 0 spiro atoms. The van der Waals surface area contributed by atoms with E-state index >= 15 is 0 Å². The van der Waals surface area contributed by atoms with Crippen LogP contribution in [0.25, 0.3) is 0 Å². The minimum atomic E-state index is 0.570. The molecular weight excluding hydrogens is 278 g/mol. The maximum Gasteiger partial charge on any atom is 0.119 e. The lowest BCUT2D eigenvalue weighted by Gasteiger charge is -2.26. The number of hydrogen-bond donors (Lipinski definition) is 0. The van der Waals surface area contributed by atoms with E-state index in [0.717, 1.165) is 24.2 Å². The second kappa shape index (κ2) is 7.72. The first kappa shape index (κ1) is 14.5. The van der Waals surface area contributed by atoms with Crippen LogP contribution in [0.5, 0.6) is 5.75 Å². The number of halogens is 1. The zero-order valence-corrected chi connectivity index (χ0v) is 12.5. The van der Waals surface area contributed by atoms with E-state index in [-0.39, 0.29) is 0 Å². The normalized spacial score (nSPS) is 11.2. The molecule has 0 unspecified atom stereocenters. The summed E-state index contributed by atoms with van der Waals surface area (Å²) in [7, 11) is 1.71. The number of ether oxygens (including phenoxy) is 1. The predicted molar refractivity (Wildman–Crippen MR) is 77.0 cm³/mol. The summed E-state index contributed by atoms with van der Waals surface area (Å²) in [6.07, 6.45) is 1.18. The summed E-state index contributed by atoms with van der Waals surface area (Å²) >= 11 is 3.49. The summed E-state index contributed by atoms with van der Waals surface area (Å²) in [6.45, 7) is 6.60. The van der Waals surface area contributed by atoms with Crippen molar-refractivity contribution in [3.05, 3.63) is 29.8 Å². The Bertz CT molecular complexity index is 328. The number of nitrogens with zero attached hydrogens (tertiary/aromatic N) is 1. The maximum absolute atomic E-state index is 5.25. The van der Waals surface area contributed by atoms with Gasteiger partial charge in [-0.2, -0.15) is 0 Å². The smallest absolute Gasteiger partial charge is 0.119 e. The summed E-state index contributed by atoms with van der Waals surface area (Å²) in [5, 5.41) is 1.06. The third-order valence-electron chi connectivity index (χ3n) is 2.83. The van der Waals surface area contributed by atoms with Gasteiger partial charge in [-0.1, -0.05) is 28.1 Å². The Morgan fingerprint density at radius 1 is 1.35 bits per heavy atom. The van der Waals surface area contributed by atoms with Gasteiger partial charge in [0.05, 0.1) is 7.11 Å². The number of methoxy groups -OCH3 is 1. The first-order chi connectivity index (χ1) is 8.17. The first-order valence-electron chi connectivity index (χ1n) is 6.10. The van der Waals surface area contributed by atoms with Gasteiger partial charge >= 0.3 is 0 Å². The van der Waals surface area contributed by atoms with E-state index in [1.165, 1.54) is 12.0 Å². The highest BCUT2D eigenvalue weighted by atomic mass is 79.9. The molecule has 0 amide bonds. The molecule has 2 nitrogen and oxygen atoms in total. The van der Waals surface area contributed by atoms with Crippen LogP contribution in [0.4, 0.5) is 0 Å². The predicted octanol–water partition coefficient (Wildman–Crippen LogP) is 3.69. The lowest BCUT2D eigenvalue weighted by Crippen LogP contribution is -2.31. The van der Waals surface area contributed by atoms with Gasteiger partial charge in [0.2, 0.25) is 0 Å². The molecule has 0 saturated heterocycles. The van der Waals surface area contributed by atoms with Crippen LogP contribution in [-0.4, -0.2) is 29.9 Å². The number of benzene rings is 1. The molecule has 17 heavy (non-hydrogen) atoms. The van der Waals surface area contributed by atoms with Crippen molar-refractivity contribution < 1.29 is 4.74 Å². The highest BCUT2D eigenvalue weighted by Crippen LogP contribution is 2.15. The molecule has 0 bridgehead atoms. The maximum atomic E-state index is 5.25. The second-order valence-corrected chi connectivity index (χ2v) is 5.25. The standard InChI is InChI=1S/C14H22BrNO/c1-12(2)16(9-5-8-15)11-13-6-4-7-14(10-13)17-3/h4,6-7,10,12H,5,8-9,11H2,1-3H3. The van der Waals surface area contributed by atoms with Crippen molar-refractivity contribution in [2.75, 3.05) is 19.0 Å². The van der Waals surface area contributed by atoms with Crippen LogP contribution in [0, 0.1) is 0 Å².